The quantitative estimate of drug-likeness (QED) is 0.748. The summed E-state index contributed by atoms with van der Waals surface area (Å²) < 4.78 is 0. The fourth-order valence-electron chi connectivity index (χ4n) is 2.45. The third-order valence-corrected chi connectivity index (χ3v) is 3.33. The second-order valence-corrected chi connectivity index (χ2v) is 4.67. The molecule has 0 aliphatic rings. The minimum Gasteiger partial charge on any atom is -0.392 e. The molecule has 3 aromatic rings. The molecular formula is C16H14N2O2. The van der Waals surface area contributed by atoms with Crippen LogP contribution in [0.5, 0.6) is 0 Å². The van der Waals surface area contributed by atoms with Crippen molar-refractivity contribution >= 4 is 10.9 Å². The van der Waals surface area contributed by atoms with Gasteiger partial charge in [-0.3, -0.25) is 4.79 Å². The van der Waals surface area contributed by atoms with Gasteiger partial charge in [-0.05, 0) is 29.7 Å². The van der Waals surface area contributed by atoms with Crippen LogP contribution in [-0.2, 0) is 6.61 Å². The Labute approximate surface area is 115 Å². The van der Waals surface area contributed by atoms with Gasteiger partial charge in [0.1, 0.15) is 5.82 Å². The average molecular weight is 266 g/mol. The summed E-state index contributed by atoms with van der Waals surface area (Å²) in [6.07, 6.45) is 0. The zero-order valence-corrected chi connectivity index (χ0v) is 11.1. The zero-order valence-electron chi connectivity index (χ0n) is 11.1. The van der Waals surface area contributed by atoms with E-state index in [1.807, 2.05) is 42.5 Å². The first-order valence-corrected chi connectivity index (χ1v) is 6.39. The molecular weight excluding hydrogens is 252 g/mol. The molecule has 1 aromatic heterocycles. The van der Waals surface area contributed by atoms with Gasteiger partial charge in [0.2, 0.25) is 0 Å². The van der Waals surface area contributed by atoms with Gasteiger partial charge in [0.05, 0.1) is 17.5 Å². The molecule has 0 radical (unpaired) electrons. The van der Waals surface area contributed by atoms with Crippen LogP contribution < -0.4 is 5.56 Å². The largest absolute Gasteiger partial charge is 0.392 e. The molecule has 0 spiro atoms. The second-order valence-electron chi connectivity index (χ2n) is 4.67. The summed E-state index contributed by atoms with van der Waals surface area (Å²) in [5.41, 5.74) is 2.95. The van der Waals surface area contributed by atoms with Gasteiger partial charge >= 0.3 is 0 Å². The molecule has 0 atom stereocenters. The number of aryl methyl sites for hydroxylation is 1. The Hall–Kier alpha value is -2.46. The Balaban J connectivity index is 2.40. The minimum atomic E-state index is -0.157. The van der Waals surface area contributed by atoms with Crippen molar-refractivity contribution in [3.05, 3.63) is 64.2 Å². The Morgan fingerprint density at radius 1 is 1.10 bits per heavy atom. The summed E-state index contributed by atoms with van der Waals surface area (Å²) in [5.74, 6) is 0.593. The number of aromatic nitrogens is 2. The smallest absolute Gasteiger partial charge is 0.259 e. The number of hydrogen-bond donors (Lipinski definition) is 2. The van der Waals surface area contributed by atoms with Crippen LogP contribution in [-0.4, -0.2) is 15.1 Å². The lowest BCUT2D eigenvalue weighted by molar-refractivity contribution is 0.282. The van der Waals surface area contributed by atoms with Gasteiger partial charge in [0, 0.05) is 0 Å². The van der Waals surface area contributed by atoms with E-state index in [1.54, 1.807) is 6.92 Å². The molecule has 0 amide bonds. The Morgan fingerprint density at radius 3 is 2.65 bits per heavy atom. The number of rotatable bonds is 2. The summed E-state index contributed by atoms with van der Waals surface area (Å²) in [6.45, 7) is 1.69. The lowest BCUT2D eigenvalue weighted by Crippen LogP contribution is -2.11. The molecule has 3 rings (SSSR count). The van der Waals surface area contributed by atoms with E-state index in [-0.39, 0.29) is 12.2 Å². The number of fused-ring (bicyclic) bond motifs is 1. The summed E-state index contributed by atoms with van der Waals surface area (Å²) in [6, 6.07) is 13.1. The van der Waals surface area contributed by atoms with E-state index >= 15 is 0 Å². The van der Waals surface area contributed by atoms with E-state index in [4.69, 9.17) is 0 Å². The third-order valence-electron chi connectivity index (χ3n) is 3.33. The number of nitrogens with one attached hydrogen (secondary N) is 1. The molecule has 0 bridgehead atoms. The van der Waals surface area contributed by atoms with Crippen LogP contribution in [0.4, 0.5) is 0 Å². The minimum absolute atomic E-state index is 0.0657. The molecule has 4 heteroatoms. The highest BCUT2D eigenvalue weighted by Gasteiger charge is 2.11. The third kappa shape index (κ3) is 2.00. The Morgan fingerprint density at radius 2 is 1.85 bits per heavy atom. The summed E-state index contributed by atoms with van der Waals surface area (Å²) in [5, 5.41) is 10.0. The molecule has 0 fully saturated rings. The fraction of sp³-hybridized carbons (Fsp3) is 0.125. The first-order valence-electron chi connectivity index (χ1n) is 6.39. The maximum absolute atomic E-state index is 12.2. The molecule has 100 valence electrons. The van der Waals surface area contributed by atoms with Gasteiger partial charge in [0.15, 0.2) is 0 Å². The fourth-order valence-corrected chi connectivity index (χ4v) is 2.45. The molecule has 0 saturated heterocycles. The highest BCUT2D eigenvalue weighted by atomic mass is 16.3. The molecule has 2 aromatic carbocycles. The van der Waals surface area contributed by atoms with Crippen molar-refractivity contribution in [2.24, 2.45) is 0 Å². The van der Waals surface area contributed by atoms with Crippen molar-refractivity contribution in [2.75, 3.05) is 0 Å². The average Bonchev–Trinajstić information content (AvgIpc) is 2.46. The van der Waals surface area contributed by atoms with Gasteiger partial charge in [0.25, 0.3) is 5.56 Å². The predicted molar refractivity (Wildman–Crippen MR) is 78.5 cm³/mol. The number of benzene rings is 2. The van der Waals surface area contributed by atoms with Crippen molar-refractivity contribution in [3.8, 4) is 11.1 Å². The monoisotopic (exact) mass is 266 g/mol. The van der Waals surface area contributed by atoms with Crippen molar-refractivity contribution in [1.82, 2.24) is 9.97 Å². The lowest BCUT2D eigenvalue weighted by atomic mass is 9.97. The van der Waals surface area contributed by atoms with Crippen LogP contribution in [0.1, 0.15) is 11.4 Å². The first kappa shape index (κ1) is 12.6. The first-order chi connectivity index (χ1) is 9.70. The van der Waals surface area contributed by atoms with Gasteiger partial charge in [-0.15, -0.1) is 0 Å². The van der Waals surface area contributed by atoms with Crippen LogP contribution in [0.3, 0.4) is 0 Å². The molecule has 0 aliphatic heterocycles. The van der Waals surface area contributed by atoms with E-state index in [0.717, 1.165) is 16.7 Å². The van der Waals surface area contributed by atoms with Crippen LogP contribution in [0, 0.1) is 6.92 Å². The zero-order chi connectivity index (χ0) is 14.1. The van der Waals surface area contributed by atoms with Crippen LogP contribution in [0.2, 0.25) is 0 Å². The van der Waals surface area contributed by atoms with Crippen LogP contribution >= 0.6 is 0 Å². The molecule has 0 saturated carbocycles. The lowest BCUT2D eigenvalue weighted by Gasteiger charge is -2.10. The van der Waals surface area contributed by atoms with Crippen molar-refractivity contribution in [2.45, 2.75) is 13.5 Å². The van der Waals surface area contributed by atoms with Crippen LogP contribution in [0.25, 0.3) is 22.0 Å². The van der Waals surface area contributed by atoms with Crippen molar-refractivity contribution in [3.63, 3.8) is 0 Å². The number of H-pyrrole nitrogens is 1. The van der Waals surface area contributed by atoms with Gasteiger partial charge in [-0.25, -0.2) is 4.98 Å². The van der Waals surface area contributed by atoms with E-state index < -0.39 is 0 Å². The summed E-state index contributed by atoms with van der Waals surface area (Å²) in [7, 11) is 0. The number of hydrogen-bond acceptors (Lipinski definition) is 3. The second kappa shape index (κ2) is 4.90. The van der Waals surface area contributed by atoms with Crippen molar-refractivity contribution in [1.29, 1.82) is 0 Å². The molecule has 0 unspecified atom stereocenters. The van der Waals surface area contributed by atoms with E-state index in [2.05, 4.69) is 9.97 Å². The SMILES string of the molecule is Cc1nc2cccc(-c3ccccc3CO)c2c(=O)[nH]1. The Kier molecular flexibility index (Phi) is 3.08. The van der Waals surface area contributed by atoms with E-state index in [0.29, 0.717) is 16.7 Å². The van der Waals surface area contributed by atoms with Gasteiger partial charge < -0.3 is 10.1 Å². The highest BCUT2D eigenvalue weighted by Crippen LogP contribution is 2.28. The molecule has 4 nitrogen and oxygen atoms in total. The van der Waals surface area contributed by atoms with Gasteiger partial charge in [-0.2, -0.15) is 0 Å². The number of aliphatic hydroxyl groups excluding tert-OH is 1. The summed E-state index contributed by atoms with van der Waals surface area (Å²) in [4.78, 5) is 19.3. The van der Waals surface area contributed by atoms with Crippen LogP contribution in [0.15, 0.2) is 47.3 Å². The predicted octanol–water partition coefficient (Wildman–Crippen LogP) is 2.39. The maximum Gasteiger partial charge on any atom is 0.259 e. The molecule has 20 heavy (non-hydrogen) atoms. The number of nitrogens with zero attached hydrogens (tertiary/aromatic N) is 1. The molecule has 0 aliphatic carbocycles. The topological polar surface area (TPSA) is 66.0 Å². The van der Waals surface area contributed by atoms with E-state index in [1.165, 1.54) is 0 Å². The van der Waals surface area contributed by atoms with E-state index in [9.17, 15) is 9.90 Å². The molecule has 1 heterocycles. The normalized spacial score (nSPS) is 10.9. The number of aromatic amines is 1. The highest BCUT2D eigenvalue weighted by molar-refractivity contribution is 5.94. The Bertz CT molecular complexity index is 837. The van der Waals surface area contributed by atoms with Gasteiger partial charge in [-0.1, -0.05) is 36.4 Å². The van der Waals surface area contributed by atoms with Crippen molar-refractivity contribution < 1.29 is 5.11 Å². The molecule has 2 N–H and O–H groups in total. The maximum atomic E-state index is 12.2. The number of aliphatic hydroxyl groups is 1. The summed E-state index contributed by atoms with van der Waals surface area (Å²) >= 11 is 0. The standard InChI is InChI=1S/C16H14N2O2/c1-10-17-14-8-4-7-13(15(14)16(20)18-10)12-6-3-2-5-11(12)9-19/h2-8,19H,9H2,1H3,(H,17,18,20).